The Balaban J connectivity index is 3.21. The minimum Gasteiger partial charge on any atom is -0.490 e. The van der Waals surface area contributed by atoms with Gasteiger partial charge in [-0.3, -0.25) is 10.1 Å². The van der Waals surface area contributed by atoms with Gasteiger partial charge in [0.15, 0.2) is 5.75 Å². The maximum Gasteiger partial charge on any atom is 0.311 e. The van der Waals surface area contributed by atoms with E-state index in [0.29, 0.717) is 0 Å². The quantitative estimate of drug-likeness (QED) is 0.588. The van der Waals surface area contributed by atoms with Gasteiger partial charge in [-0.15, -0.1) is 0 Å². The standard InChI is InChI=1S/C9H12N2O3/c1-6(10)7-3-4-9(14-2)8(5-7)11(12)13/h3-6H,10H2,1-2H3/t6-/m1/s1. The highest BCUT2D eigenvalue weighted by Gasteiger charge is 2.15. The van der Waals surface area contributed by atoms with Crippen molar-refractivity contribution in [3.05, 3.63) is 33.9 Å². The van der Waals surface area contributed by atoms with Crippen LogP contribution in [0.1, 0.15) is 18.5 Å². The molecule has 14 heavy (non-hydrogen) atoms. The lowest BCUT2D eigenvalue weighted by atomic mass is 10.1. The molecule has 0 saturated heterocycles. The fraction of sp³-hybridized carbons (Fsp3) is 0.333. The first-order valence-corrected chi connectivity index (χ1v) is 4.14. The summed E-state index contributed by atoms with van der Waals surface area (Å²) in [5.74, 6) is 0.249. The minimum atomic E-state index is -0.481. The Bertz CT molecular complexity index is 350. The summed E-state index contributed by atoms with van der Waals surface area (Å²) in [5, 5.41) is 10.6. The van der Waals surface area contributed by atoms with Crippen molar-refractivity contribution in [2.75, 3.05) is 7.11 Å². The van der Waals surface area contributed by atoms with Gasteiger partial charge in [0.05, 0.1) is 12.0 Å². The second-order valence-corrected chi connectivity index (χ2v) is 2.98. The second-order valence-electron chi connectivity index (χ2n) is 2.98. The van der Waals surface area contributed by atoms with Crippen molar-refractivity contribution in [1.29, 1.82) is 0 Å². The Morgan fingerprint density at radius 2 is 2.21 bits per heavy atom. The Kier molecular flexibility index (Phi) is 3.03. The summed E-state index contributed by atoms with van der Waals surface area (Å²) < 4.78 is 4.86. The predicted molar refractivity (Wildman–Crippen MR) is 52.3 cm³/mol. The van der Waals surface area contributed by atoms with E-state index in [1.54, 1.807) is 19.1 Å². The fourth-order valence-corrected chi connectivity index (χ4v) is 1.13. The van der Waals surface area contributed by atoms with Crippen LogP contribution in [0.4, 0.5) is 5.69 Å². The van der Waals surface area contributed by atoms with Crippen LogP contribution in [-0.2, 0) is 0 Å². The summed E-state index contributed by atoms with van der Waals surface area (Å²) in [6.45, 7) is 1.77. The van der Waals surface area contributed by atoms with E-state index in [4.69, 9.17) is 10.5 Å². The first kappa shape index (κ1) is 10.5. The van der Waals surface area contributed by atoms with Crippen molar-refractivity contribution >= 4 is 5.69 Å². The molecule has 0 aliphatic heterocycles. The highest BCUT2D eigenvalue weighted by atomic mass is 16.6. The smallest absolute Gasteiger partial charge is 0.311 e. The van der Waals surface area contributed by atoms with E-state index in [1.807, 2.05) is 0 Å². The van der Waals surface area contributed by atoms with Crippen molar-refractivity contribution in [3.63, 3.8) is 0 Å². The summed E-state index contributed by atoms with van der Waals surface area (Å²) in [5.41, 5.74) is 6.28. The van der Waals surface area contributed by atoms with Gasteiger partial charge in [0, 0.05) is 12.1 Å². The largest absolute Gasteiger partial charge is 0.490 e. The van der Waals surface area contributed by atoms with E-state index in [9.17, 15) is 10.1 Å². The predicted octanol–water partition coefficient (Wildman–Crippen LogP) is 1.62. The summed E-state index contributed by atoms with van der Waals surface area (Å²) in [7, 11) is 1.40. The molecular weight excluding hydrogens is 184 g/mol. The second kappa shape index (κ2) is 4.06. The van der Waals surface area contributed by atoms with Crippen LogP contribution in [0, 0.1) is 10.1 Å². The highest BCUT2D eigenvalue weighted by Crippen LogP contribution is 2.28. The first-order chi connectivity index (χ1) is 6.56. The van der Waals surface area contributed by atoms with Gasteiger partial charge < -0.3 is 10.5 Å². The van der Waals surface area contributed by atoms with Crippen molar-refractivity contribution < 1.29 is 9.66 Å². The van der Waals surface area contributed by atoms with Crippen LogP contribution in [0.3, 0.4) is 0 Å². The van der Waals surface area contributed by atoms with E-state index >= 15 is 0 Å². The summed E-state index contributed by atoms with van der Waals surface area (Å²) in [4.78, 5) is 10.2. The zero-order valence-electron chi connectivity index (χ0n) is 8.06. The zero-order valence-corrected chi connectivity index (χ0v) is 8.06. The molecule has 0 spiro atoms. The van der Waals surface area contributed by atoms with Crippen LogP contribution in [-0.4, -0.2) is 12.0 Å². The van der Waals surface area contributed by atoms with E-state index in [2.05, 4.69) is 0 Å². The first-order valence-electron chi connectivity index (χ1n) is 4.14. The number of hydrogen-bond donors (Lipinski definition) is 1. The maximum atomic E-state index is 10.6. The maximum absolute atomic E-state index is 10.6. The molecule has 0 unspecified atom stereocenters. The monoisotopic (exact) mass is 196 g/mol. The van der Waals surface area contributed by atoms with E-state index in [-0.39, 0.29) is 17.5 Å². The number of benzene rings is 1. The molecule has 1 aromatic carbocycles. The summed E-state index contributed by atoms with van der Waals surface area (Å²) in [6.07, 6.45) is 0. The highest BCUT2D eigenvalue weighted by molar-refractivity contribution is 5.49. The Morgan fingerprint density at radius 1 is 1.57 bits per heavy atom. The van der Waals surface area contributed by atoms with Gasteiger partial charge in [0.2, 0.25) is 0 Å². The molecule has 1 atom stereocenters. The number of nitrogens with two attached hydrogens (primary N) is 1. The van der Waals surface area contributed by atoms with Crippen molar-refractivity contribution in [2.45, 2.75) is 13.0 Å². The molecule has 2 N–H and O–H groups in total. The van der Waals surface area contributed by atoms with Crippen molar-refractivity contribution in [2.24, 2.45) is 5.73 Å². The lowest BCUT2D eigenvalue weighted by Crippen LogP contribution is -2.05. The summed E-state index contributed by atoms with van der Waals surface area (Å²) in [6, 6.07) is 4.48. The van der Waals surface area contributed by atoms with Gasteiger partial charge in [0.1, 0.15) is 0 Å². The number of nitrogens with zero attached hydrogens (tertiary/aromatic N) is 1. The molecule has 76 valence electrons. The van der Waals surface area contributed by atoms with Gasteiger partial charge in [-0.25, -0.2) is 0 Å². The molecular formula is C9H12N2O3. The minimum absolute atomic E-state index is 0.0534. The molecule has 0 heterocycles. The van der Waals surface area contributed by atoms with Gasteiger partial charge in [-0.05, 0) is 18.6 Å². The number of ether oxygens (including phenoxy) is 1. The molecule has 0 bridgehead atoms. The molecule has 0 aliphatic carbocycles. The van der Waals surface area contributed by atoms with Crippen molar-refractivity contribution in [3.8, 4) is 5.75 Å². The molecule has 0 aliphatic rings. The topological polar surface area (TPSA) is 78.4 Å². The fourth-order valence-electron chi connectivity index (χ4n) is 1.13. The molecule has 0 amide bonds. The number of hydrogen-bond acceptors (Lipinski definition) is 4. The number of methoxy groups -OCH3 is 1. The lowest BCUT2D eigenvalue weighted by Gasteiger charge is -2.07. The van der Waals surface area contributed by atoms with Crippen LogP contribution in [0.5, 0.6) is 5.75 Å². The molecule has 0 aromatic heterocycles. The third-order valence-corrected chi connectivity index (χ3v) is 1.93. The number of nitro groups is 1. The average Bonchev–Trinajstić information content (AvgIpc) is 2.16. The van der Waals surface area contributed by atoms with Gasteiger partial charge in [-0.2, -0.15) is 0 Å². The normalized spacial score (nSPS) is 12.2. The molecule has 1 aromatic rings. The van der Waals surface area contributed by atoms with E-state index in [1.165, 1.54) is 13.2 Å². The van der Waals surface area contributed by atoms with Crippen LogP contribution < -0.4 is 10.5 Å². The molecule has 0 fully saturated rings. The molecule has 1 rings (SSSR count). The zero-order chi connectivity index (χ0) is 10.7. The Morgan fingerprint density at radius 3 is 2.64 bits per heavy atom. The average molecular weight is 196 g/mol. The van der Waals surface area contributed by atoms with Crippen LogP contribution in [0.25, 0.3) is 0 Å². The van der Waals surface area contributed by atoms with E-state index in [0.717, 1.165) is 5.56 Å². The summed E-state index contributed by atoms with van der Waals surface area (Å²) >= 11 is 0. The van der Waals surface area contributed by atoms with Crippen LogP contribution >= 0.6 is 0 Å². The van der Waals surface area contributed by atoms with Gasteiger partial charge in [0.25, 0.3) is 0 Å². The third-order valence-electron chi connectivity index (χ3n) is 1.93. The van der Waals surface area contributed by atoms with Crippen LogP contribution in [0.15, 0.2) is 18.2 Å². The van der Waals surface area contributed by atoms with Crippen LogP contribution in [0.2, 0.25) is 0 Å². The third kappa shape index (κ3) is 2.00. The number of nitro benzene ring substituents is 1. The number of rotatable bonds is 3. The van der Waals surface area contributed by atoms with Gasteiger partial charge >= 0.3 is 5.69 Å². The van der Waals surface area contributed by atoms with Crippen molar-refractivity contribution in [1.82, 2.24) is 0 Å². The molecule has 5 heteroatoms. The van der Waals surface area contributed by atoms with E-state index < -0.39 is 4.92 Å². The molecule has 0 radical (unpaired) electrons. The Hall–Kier alpha value is -1.62. The van der Waals surface area contributed by atoms with Gasteiger partial charge in [-0.1, -0.05) is 6.07 Å². The molecule has 5 nitrogen and oxygen atoms in total. The lowest BCUT2D eigenvalue weighted by molar-refractivity contribution is -0.385. The molecule has 0 saturated carbocycles. The SMILES string of the molecule is COc1ccc([C@@H](C)N)cc1[N+](=O)[O-]. The Labute approximate surface area is 81.6 Å².